The molecule has 0 saturated carbocycles. The topological polar surface area (TPSA) is 46.3 Å². The number of aryl methyl sites for hydroxylation is 1. The van der Waals surface area contributed by atoms with Crippen molar-refractivity contribution in [1.29, 1.82) is 0 Å². The van der Waals surface area contributed by atoms with Gasteiger partial charge in [-0.1, -0.05) is 38.8 Å². The van der Waals surface area contributed by atoms with Crippen LogP contribution in [-0.4, -0.2) is 23.9 Å². The molecule has 3 heteroatoms. The second-order valence-electron chi connectivity index (χ2n) is 5.07. The summed E-state index contributed by atoms with van der Waals surface area (Å²) in [5.74, 6) is 0.624. The van der Waals surface area contributed by atoms with Gasteiger partial charge in [-0.05, 0) is 31.4 Å². The fourth-order valence-corrected chi connectivity index (χ4v) is 2.35. The van der Waals surface area contributed by atoms with E-state index in [-0.39, 0.29) is 5.91 Å². The van der Waals surface area contributed by atoms with Crippen molar-refractivity contribution in [3.8, 4) is 0 Å². The predicted molar refractivity (Wildman–Crippen MR) is 81.2 cm³/mol. The van der Waals surface area contributed by atoms with E-state index >= 15 is 0 Å². The van der Waals surface area contributed by atoms with Crippen molar-refractivity contribution in [2.75, 3.05) is 18.8 Å². The highest BCUT2D eigenvalue weighted by Crippen LogP contribution is 2.20. The van der Waals surface area contributed by atoms with Gasteiger partial charge >= 0.3 is 0 Å². The van der Waals surface area contributed by atoms with Crippen LogP contribution < -0.4 is 5.73 Å². The average molecular weight is 262 g/mol. The molecule has 0 aliphatic heterocycles. The van der Waals surface area contributed by atoms with Crippen molar-refractivity contribution in [2.24, 2.45) is 5.92 Å². The third-order valence-electron chi connectivity index (χ3n) is 3.82. The summed E-state index contributed by atoms with van der Waals surface area (Å²) in [6, 6.07) is 5.62. The van der Waals surface area contributed by atoms with Gasteiger partial charge in [0.2, 0.25) is 0 Å². The Morgan fingerprint density at radius 1 is 1.26 bits per heavy atom. The molecule has 0 aliphatic carbocycles. The molecule has 2 N–H and O–H groups in total. The molecule has 1 aromatic carbocycles. The van der Waals surface area contributed by atoms with Crippen LogP contribution in [0.4, 0.5) is 5.69 Å². The zero-order valence-corrected chi connectivity index (χ0v) is 12.6. The number of nitrogens with zero attached hydrogens (tertiary/aromatic N) is 1. The largest absolute Gasteiger partial charge is 0.398 e. The fraction of sp³-hybridized carbons (Fsp3) is 0.562. The van der Waals surface area contributed by atoms with E-state index < -0.39 is 0 Å². The molecule has 3 nitrogen and oxygen atoms in total. The van der Waals surface area contributed by atoms with Crippen LogP contribution in [0.2, 0.25) is 0 Å². The number of hydrogen-bond donors (Lipinski definition) is 1. The molecule has 0 aromatic heterocycles. The summed E-state index contributed by atoms with van der Waals surface area (Å²) in [6.07, 6.45) is 2.20. The molecule has 0 aliphatic rings. The van der Waals surface area contributed by atoms with Crippen molar-refractivity contribution in [3.05, 3.63) is 29.3 Å². The number of hydrogen-bond acceptors (Lipinski definition) is 2. The molecule has 0 heterocycles. The Morgan fingerprint density at radius 2 is 1.89 bits per heavy atom. The summed E-state index contributed by atoms with van der Waals surface area (Å²) in [7, 11) is 0. The van der Waals surface area contributed by atoms with Gasteiger partial charge in [-0.2, -0.15) is 0 Å². The maximum absolute atomic E-state index is 12.6. The van der Waals surface area contributed by atoms with Crippen LogP contribution in [0, 0.1) is 12.8 Å². The second kappa shape index (κ2) is 7.17. The molecule has 1 amide bonds. The van der Waals surface area contributed by atoms with Crippen molar-refractivity contribution in [3.63, 3.8) is 0 Å². The van der Waals surface area contributed by atoms with E-state index in [2.05, 4.69) is 13.8 Å². The first-order valence-electron chi connectivity index (χ1n) is 7.19. The average Bonchev–Trinajstić information content (AvgIpc) is 2.40. The van der Waals surface area contributed by atoms with Crippen LogP contribution in [0.25, 0.3) is 0 Å². The van der Waals surface area contributed by atoms with E-state index in [1.165, 1.54) is 0 Å². The monoisotopic (exact) mass is 262 g/mol. The van der Waals surface area contributed by atoms with Crippen LogP contribution in [-0.2, 0) is 0 Å². The van der Waals surface area contributed by atoms with Crippen molar-refractivity contribution >= 4 is 11.6 Å². The smallest absolute Gasteiger partial charge is 0.256 e. The number of anilines is 1. The minimum atomic E-state index is 0.0602. The molecule has 0 fully saturated rings. The molecule has 1 rings (SSSR count). The van der Waals surface area contributed by atoms with E-state index in [1.807, 2.05) is 30.9 Å². The number of amides is 1. The summed E-state index contributed by atoms with van der Waals surface area (Å²) in [5.41, 5.74) is 8.15. The van der Waals surface area contributed by atoms with Gasteiger partial charge in [0.1, 0.15) is 0 Å². The van der Waals surface area contributed by atoms with Gasteiger partial charge in [0.25, 0.3) is 5.91 Å². The summed E-state index contributed by atoms with van der Waals surface area (Å²) in [4.78, 5) is 14.5. The Hall–Kier alpha value is -1.51. The summed E-state index contributed by atoms with van der Waals surface area (Å²) < 4.78 is 0. The van der Waals surface area contributed by atoms with Gasteiger partial charge in [0.15, 0.2) is 0 Å². The van der Waals surface area contributed by atoms with E-state index in [4.69, 9.17) is 5.73 Å². The van der Waals surface area contributed by atoms with Gasteiger partial charge in [-0.3, -0.25) is 4.79 Å². The highest BCUT2D eigenvalue weighted by Gasteiger charge is 2.20. The van der Waals surface area contributed by atoms with Crippen LogP contribution >= 0.6 is 0 Å². The molecule has 19 heavy (non-hydrogen) atoms. The Labute approximate surface area is 116 Å². The van der Waals surface area contributed by atoms with Crippen LogP contribution in [0.3, 0.4) is 0 Å². The Balaban J connectivity index is 2.96. The van der Waals surface area contributed by atoms with Gasteiger partial charge in [-0.15, -0.1) is 0 Å². The van der Waals surface area contributed by atoms with Crippen LogP contribution in [0.1, 0.15) is 49.5 Å². The Bertz CT molecular complexity index is 405. The first-order valence-corrected chi connectivity index (χ1v) is 7.19. The number of benzene rings is 1. The zero-order chi connectivity index (χ0) is 14.4. The van der Waals surface area contributed by atoms with Crippen LogP contribution in [0.5, 0.6) is 0 Å². The predicted octanol–water partition coefficient (Wildman–Crippen LogP) is 3.48. The lowest BCUT2D eigenvalue weighted by atomic mass is 10.0. The lowest BCUT2D eigenvalue weighted by Crippen LogP contribution is -2.35. The van der Waals surface area contributed by atoms with E-state index in [0.29, 0.717) is 17.2 Å². The quantitative estimate of drug-likeness (QED) is 0.798. The van der Waals surface area contributed by atoms with Gasteiger partial charge in [0, 0.05) is 18.8 Å². The second-order valence-corrected chi connectivity index (χ2v) is 5.07. The maximum Gasteiger partial charge on any atom is 0.256 e. The number of carbonyl (C=O) groups excluding carboxylic acids is 1. The van der Waals surface area contributed by atoms with E-state index in [9.17, 15) is 4.79 Å². The highest BCUT2D eigenvalue weighted by atomic mass is 16.2. The molecule has 0 atom stereocenters. The molecular weight excluding hydrogens is 236 g/mol. The van der Waals surface area contributed by atoms with Gasteiger partial charge in [0.05, 0.1) is 5.56 Å². The molecule has 0 unspecified atom stereocenters. The number of carbonyl (C=O) groups is 1. The number of rotatable bonds is 6. The molecule has 1 aromatic rings. The normalized spacial score (nSPS) is 10.8. The van der Waals surface area contributed by atoms with Crippen molar-refractivity contribution in [1.82, 2.24) is 4.90 Å². The Morgan fingerprint density at radius 3 is 2.37 bits per heavy atom. The van der Waals surface area contributed by atoms with Gasteiger partial charge < -0.3 is 10.6 Å². The SMILES string of the molecule is CCC(CC)CN(CC)C(=O)c1c(C)cccc1N. The molecule has 106 valence electrons. The summed E-state index contributed by atoms with van der Waals surface area (Å²) in [5, 5.41) is 0. The number of nitrogen functional groups attached to an aromatic ring is 1. The first-order chi connectivity index (χ1) is 9.04. The van der Waals surface area contributed by atoms with E-state index in [0.717, 1.165) is 31.5 Å². The molecule has 0 spiro atoms. The fourth-order valence-electron chi connectivity index (χ4n) is 2.35. The van der Waals surface area contributed by atoms with Crippen molar-refractivity contribution < 1.29 is 4.79 Å². The lowest BCUT2D eigenvalue weighted by Gasteiger charge is -2.26. The molecule has 0 bridgehead atoms. The minimum Gasteiger partial charge on any atom is -0.398 e. The molecular formula is C16H26N2O. The Kier molecular flexibility index (Phi) is 5.87. The van der Waals surface area contributed by atoms with Gasteiger partial charge in [-0.25, -0.2) is 0 Å². The molecule has 0 saturated heterocycles. The van der Waals surface area contributed by atoms with Crippen molar-refractivity contribution in [2.45, 2.75) is 40.5 Å². The standard InChI is InChI=1S/C16H26N2O/c1-5-13(6-2)11-18(7-3)16(19)15-12(4)9-8-10-14(15)17/h8-10,13H,5-7,11,17H2,1-4H3. The van der Waals surface area contributed by atoms with E-state index in [1.54, 1.807) is 6.07 Å². The molecule has 0 radical (unpaired) electrons. The highest BCUT2D eigenvalue weighted by molar-refractivity contribution is 6.00. The first kappa shape index (κ1) is 15.5. The minimum absolute atomic E-state index is 0.0602. The lowest BCUT2D eigenvalue weighted by molar-refractivity contribution is 0.0735. The summed E-state index contributed by atoms with van der Waals surface area (Å²) >= 11 is 0. The van der Waals surface area contributed by atoms with Crippen LogP contribution in [0.15, 0.2) is 18.2 Å². The zero-order valence-electron chi connectivity index (χ0n) is 12.6. The number of nitrogens with two attached hydrogens (primary N) is 1. The maximum atomic E-state index is 12.6. The third-order valence-corrected chi connectivity index (χ3v) is 3.82. The summed E-state index contributed by atoms with van der Waals surface area (Å²) in [6.45, 7) is 9.85. The third kappa shape index (κ3) is 3.72.